The van der Waals surface area contributed by atoms with E-state index in [4.69, 9.17) is 16.3 Å². The summed E-state index contributed by atoms with van der Waals surface area (Å²) in [6, 6.07) is 8.48. The van der Waals surface area contributed by atoms with Gasteiger partial charge in [-0.15, -0.1) is 0 Å². The first kappa shape index (κ1) is 21.7. The molecule has 0 aliphatic heterocycles. The van der Waals surface area contributed by atoms with Gasteiger partial charge >= 0.3 is 6.09 Å². The SMILES string of the molecule is CC(C)(C)OC(=O)N(CC=CCl)c1ccc2ccc(S(C)(=O)=O)cc2c1Br. The van der Waals surface area contributed by atoms with Gasteiger partial charge < -0.3 is 4.74 Å². The molecule has 0 spiro atoms. The number of ether oxygens (including phenoxy) is 1. The first-order chi connectivity index (χ1) is 12.4. The summed E-state index contributed by atoms with van der Waals surface area (Å²) in [4.78, 5) is 14.3. The molecular weight excluding hydrogens is 454 g/mol. The van der Waals surface area contributed by atoms with Gasteiger partial charge in [-0.3, -0.25) is 4.90 Å². The number of benzene rings is 2. The van der Waals surface area contributed by atoms with Crippen LogP contribution in [0.25, 0.3) is 10.8 Å². The van der Waals surface area contributed by atoms with Gasteiger partial charge in [-0.1, -0.05) is 29.8 Å². The molecule has 0 saturated heterocycles. The molecule has 8 heteroatoms. The highest BCUT2D eigenvalue weighted by atomic mass is 79.9. The van der Waals surface area contributed by atoms with E-state index in [2.05, 4.69) is 15.9 Å². The lowest BCUT2D eigenvalue weighted by molar-refractivity contribution is 0.0584. The van der Waals surface area contributed by atoms with Crippen molar-refractivity contribution in [2.75, 3.05) is 17.7 Å². The Hall–Kier alpha value is -1.57. The molecule has 0 aliphatic carbocycles. The zero-order valence-corrected chi connectivity index (χ0v) is 18.7. The quantitative estimate of drug-likeness (QED) is 0.587. The van der Waals surface area contributed by atoms with Gasteiger partial charge in [0, 0.05) is 22.8 Å². The maximum absolute atomic E-state index is 12.7. The minimum absolute atomic E-state index is 0.203. The molecule has 27 heavy (non-hydrogen) atoms. The minimum Gasteiger partial charge on any atom is -0.443 e. The summed E-state index contributed by atoms with van der Waals surface area (Å²) in [5.74, 6) is 0. The van der Waals surface area contributed by atoms with Crippen molar-refractivity contribution in [3.8, 4) is 0 Å². The second-order valence-electron chi connectivity index (χ2n) is 7.01. The molecule has 0 aromatic heterocycles. The van der Waals surface area contributed by atoms with Crippen LogP contribution in [0, 0.1) is 0 Å². The lowest BCUT2D eigenvalue weighted by Crippen LogP contribution is -2.37. The second kappa shape index (κ2) is 8.20. The summed E-state index contributed by atoms with van der Waals surface area (Å²) in [6.07, 6.45) is 2.25. The van der Waals surface area contributed by atoms with Gasteiger partial charge in [0.25, 0.3) is 0 Å². The normalized spacial score (nSPS) is 12.5. The van der Waals surface area contributed by atoms with Gasteiger partial charge in [0.05, 0.1) is 10.6 Å². The van der Waals surface area contributed by atoms with E-state index >= 15 is 0 Å². The number of amides is 1. The first-order valence-corrected chi connectivity index (χ1v) is 11.2. The van der Waals surface area contributed by atoms with Crippen molar-refractivity contribution in [3.05, 3.63) is 46.4 Å². The van der Waals surface area contributed by atoms with E-state index in [9.17, 15) is 13.2 Å². The molecule has 0 saturated carbocycles. The smallest absolute Gasteiger partial charge is 0.415 e. The predicted octanol–water partition coefficient (Wildman–Crippen LogP) is 5.50. The van der Waals surface area contributed by atoms with E-state index in [1.54, 1.807) is 51.1 Å². The number of anilines is 1. The van der Waals surface area contributed by atoms with E-state index in [1.807, 2.05) is 6.07 Å². The first-order valence-electron chi connectivity index (χ1n) is 8.12. The van der Waals surface area contributed by atoms with E-state index in [-0.39, 0.29) is 11.4 Å². The van der Waals surface area contributed by atoms with Crippen molar-refractivity contribution in [3.63, 3.8) is 0 Å². The Morgan fingerprint density at radius 2 is 1.89 bits per heavy atom. The van der Waals surface area contributed by atoms with Crippen LogP contribution in [-0.4, -0.2) is 32.9 Å². The summed E-state index contributed by atoms with van der Waals surface area (Å²) < 4.78 is 29.9. The Labute approximate surface area is 173 Å². The monoisotopic (exact) mass is 473 g/mol. The number of hydrogen-bond donors (Lipinski definition) is 0. The van der Waals surface area contributed by atoms with Crippen molar-refractivity contribution in [1.29, 1.82) is 0 Å². The highest BCUT2D eigenvalue weighted by molar-refractivity contribution is 9.10. The van der Waals surface area contributed by atoms with Gasteiger partial charge in [-0.05, 0) is 65.7 Å². The third-order valence-corrected chi connectivity index (χ3v) is 5.74. The molecule has 0 bridgehead atoms. The number of halogens is 2. The molecular formula is C19H21BrClNO4S. The number of carbonyl (C=O) groups excluding carboxylic acids is 1. The number of sulfone groups is 1. The molecule has 2 aromatic carbocycles. The fourth-order valence-electron chi connectivity index (χ4n) is 2.42. The molecule has 2 aromatic rings. The summed E-state index contributed by atoms with van der Waals surface area (Å²) in [5.41, 5.74) is 1.22. The number of rotatable bonds is 4. The van der Waals surface area contributed by atoms with E-state index in [1.165, 1.54) is 10.4 Å². The van der Waals surface area contributed by atoms with Crippen LogP contribution in [0.4, 0.5) is 10.5 Å². The van der Waals surface area contributed by atoms with Crippen LogP contribution < -0.4 is 4.90 Å². The van der Waals surface area contributed by atoms with Crippen LogP contribution in [0.2, 0.25) is 0 Å². The lowest BCUT2D eigenvalue weighted by Gasteiger charge is -2.27. The zero-order chi connectivity index (χ0) is 20.4. The van der Waals surface area contributed by atoms with Crippen molar-refractivity contribution in [2.45, 2.75) is 31.3 Å². The van der Waals surface area contributed by atoms with Crippen molar-refractivity contribution < 1.29 is 17.9 Å². The van der Waals surface area contributed by atoms with Crippen molar-refractivity contribution in [2.24, 2.45) is 0 Å². The standard InChI is InChI=1S/C19H21BrClNO4S/c1-19(2,3)26-18(23)22(11-5-10-21)16-9-7-13-6-8-14(27(4,24)25)12-15(13)17(16)20/h5-10,12H,11H2,1-4H3. The lowest BCUT2D eigenvalue weighted by atomic mass is 10.1. The summed E-state index contributed by atoms with van der Waals surface area (Å²) in [6.45, 7) is 5.56. The highest BCUT2D eigenvalue weighted by Gasteiger charge is 2.25. The average Bonchev–Trinajstić information content (AvgIpc) is 2.54. The van der Waals surface area contributed by atoms with Crippen LogP contribution in [0.3, 0.4) is 0 Å². The largest absolute Gasteiger partial charge is 0.443 e. The Kier molecular flexibility index (Phi) is 6.60. The topological polar surface area (TPSA) is 63.7 Å². The Balaban J connectivity index is 2.61. The molecule has 0 aliphatic rings. The Bertz CT molecular complexity index is 997. The van der Waals surface area contributed by atoms with Crippen LogP contribution in [0.15, 0.2) is 51.3 Å². The molecule has 0 unspecified atom stereocenters. The minimum atomic E-state index is -3.35. The Morgan fingerprint density at radius 1 is 1.26 bits per heavy atom. The second-order valence-corrected chi connectivity index (χ2v) is 10.1. The average molecular weight is 475 g/mol. The van der Waals surface area contributed by atoms with Crippen LogP contribution >= 0.6 is 27.5 Å². The van der Waals surface area contributed by atoms with Gasteiger partial charge in [-0.2, -0.15) is 0 Å². The van der Waals surface area contributed by atoms with Crippen molar-refractivity contribution in [1.82, 2.24) is 0 Å². The van der Waals surface area contributed by atoms with Gasteiger partial charge in [-0.25, -0.2) is 13.2 Å². The molecule has 0 radical (unpaired) electrons. The molecule has 1 amide bonds. The zero-order valence-electron chi connectivity index (χ0n) is 15.5. The highest BCUT2D eigenvalue weighted by Crippen LogP contribution is 2.35. The summed E-state index contributed by atoms with van der Waals surface area (Å²) >= 11 is 9.16. The van der Waals surface area contributed by atoms with Gasteiger partial charge in [0.1, 0.15) is 5.60 Å². The van der Waals surface area contributed by atoms with Crippen LogP contribution in [-0.2, 0) is 14.6 Å². The van der Waals surface area contributed by atoms with Crippen LogP contribution in [0.1, 0.15) is 20.8 Å². The molecule has 146 valence electrons. The van der Waals surface area contributed by atoms with Gasteiger partial charge in [0.2, 0.25) is 0 Å². The number of hydrogen-bond acceptors (Lipinski definition) is 4. The van der Waals surface area contributed by atoms with Crippen molar-refractivity contribution >= 4 is 59.9 Å². The maximum Gasteiger partial charge on any atom is 0.415 e. The van der Waals surface area contributed by atoms with E-state index < -0.39 is 21.5 Å². The Morgan fingerprint density at radius 3 is 2.44 bits per heavy atom. The molecule has 0 N–H and O–H groups in total. The fraction of sp³-hybridized carbons (Fsp3) is 0.316. The molecule has 5 nitrogen and oxygen atoms in total. The molecule has 0 heterocycles. The number of nitrogens with zero attached hydrogens (tertiary/aromatic N) is 1. The number of carbonyl (C=O) groups is 1. The summed E-state index contributed by atoms with van der Waals surface area (Å²) in [5, 5.41) is 1.52. The number of fused-ring (bicyclic) bond motifs is 1. The molecule has 0 fully saturated rings. The predicted molar refractivity (Wildman–Crippen MR) is 113 cm³/mol. The van der Waals surface area contributed by atoms with E-state index in [0.717, 1.165) is 11.6 Å². The third-order valence-electron chi connectivity index (χ3n) is 3.62. The maximum atomic E-state index is 12.7. The fourth-order valence-corrected chi connectivity index (χ4v) is 3.84. The third kappa shape index (κ3) is 5.46. The van der Waals surface area contributed by atoms with Crippen LogP contribution in [0.5, 0.6) is 0 Å². The summed E-state index contributed by atoms with van der Waals surface area (Å²) in [7, 11) is -3.35. The van der Waals surface area contributed by atoms with Gasteiger partial charge in [0.15, 0.2) is 9.84 Å². The molecule has 2 rings (SSSR count). The molecule has 0 atom stereocenters. The van der Waals surface area contributed by atoms with E-state index in [0.29, 0.717) is 15.5 Å².